The van der Waals surface area contributed by atoms with Crippen molar-refractivity contribution < 1.29 is 17.9 Å². The number of hydrogen-bond donors (Lipinski definition) is 1. The molecule has 0 bridgehead atoms. The van der Waals surface area contributed by atoms with Crippen LogP contribution in [-0.4, -0.2) is 51.5 Å². The minimum atomic E-state index is -3.88. The molecule has 0 aliphatic rings. The largest absolute Gasteiger partial charge is 0.385 e. The summed E-state index contributed by atoms with van der Waals surface area (Å²) in [6, 6.07) is 4.05. The molecule has 0 aliphatic heterocycles. The summed E-state index contributed by atoms with van der Waals surface area (Å²) in [6.07, 6.45) is 1.22. The van der Waals surface area contributed by atoms with Crippen LogP contribution in [-0.2, 0) is 19.6 Å². The molecule has 25 heavy (non-hydrogen) atoms. The monoisotopic (exact) mass is 410 g/mol. The maximum absolute atomic E-state index is 12.9. The van der Waals surface area contributed by atoms with Gasteiger partial charge in [0.2, 0.25) is 15.9 Å². The third-order valence-electron chi connectivity index (χ3n) is 3.62. The lowest BCUT2D eigenvalue weighted by molar-refractivity contribution is -0.121. The Kier molecular flexibility index (Phi) is 9.16. The van der Waals surface area contributed by atoms with Gasteiger partial charge in [-0.2, -0.15) is 4.31 Å². The molecule has 1 rings (SSSR count). The van der Waals surface area contributed by atoms with Crippen LogP contribution in [0.15, 0.2) is 23.1 Å². The van der Waals surface area contributed by atoms with Gasteiger partial charge in [0.15, 0.2) is 0 Å². The molecule has 142 valence electrons. The van der Waals surface area contributed by atoms with E-state index in [0.29, 0.717) is 13.0 Å². The SMILES string of the molecule is CCC(C)NC(=O)CN(CCCOC)S(=O)(=O)c1ccc(Cl)c(Cl)c1. The Morgan fingerprint density at radius 3 is 2.56 bits per heavy atom. The van der Waals surface area contributed by atoms with Gasteiger partial charge in [0.25, 0.3) is 0 Å². The molecule has 0 heterocycles. The van der Waals surface area contributed by atoms with Crippen LogP contribution in [0.5, 0.6) is 0 Å². The van der Waals surface area contributed by atoms with E-state index < -0.39 is 10.0 Å². The Morgan fingerprint density at radius 1 is 1.32 bits per heavy atom. The molecule has 1 N–H and O–H groups in total. The number of carbonyl (C=O) groups excluding carboxylic acids is 1. The number of methoxy groups -OCH3 is 1. The van der Waals surface area contributed by atoms with Crippen molar-refractivity contribution in [2.45, 2.75) is 37.6 Å². The predicted octanol–water partition coefficient (Wildman–Crippen LogP) is 2.94. The van der Waals surface area contributed by atoms with Crippen LogP contribution < -0.4 is 5.32 Å². The van der Waals surface area contributed by atoms with Gasteiger partial charge in [-0.25, -0.2) is 8.42 Å². The van der Waals surface area contributed by atoms with Crippen LogP contribution in [0.4, 0.5) is 0 Å². The molecule has 1 aromatic carbocycles. The minimum absolute atomic E-state index is 0.00402. The van der Waals surface area contributed by atoms with Crippen LogP contribution in [0.3, 0.4) is 0 Å². The molecular formula is C16H24Cl2N2O4S. The number of benzene rings is 1. The molecule has 9 heteroatoms. The van der Waals surface area contributed by atoms with E-state index in [0.717, 1.165) is 10.7 Å². The molecule has 0 fully saturated rings. The maximum atomic E-state index is 12.9. The molecule has 0 aliphatic carbocycles. The van der Waals surface area contributed by atoms with Crippen molar-refractivity contribution in [2.24, 2.45) is 0 Å². The van der Waals surface area contributed by atoms with E-state index in [4.69, 9.17) is 27.9 Å². The van der Waals surface area contributed by atoms with E-state index in [-0.39, 0.29) is 40.0 Å². The number of rotatable bonds is 10. The molecule has 1 atom stereocenters. The number of amides is 1. The topological polar surface area (TPSA) is 75.7 Å². The molecule has 6 nitrogen and oxygen atoms in total. The number of carbonyl (C=O) groups is 1. The normalized spacial score (nSPS) is 13.0. The lowest BCUT2D eigenvalue weighted by atomic mass is 10.2. The summed E-state index contributed by atoms with van der Waals surface area (Å²) >= 11 is 11.8. The third kappa shape index (κ3) is 6.75. The molecule has 1 aromatic rings. The van der Waals surface area contributed by atoms with E-state index in [1.807, 2.05) is 13.8 Å². The summed E-state index contributed by atoms with van der Waals surface area (Å²) < 4.78 is 31.9. The van der Waals surface area contributed by atoms with Crippen LogP contribution >= 0.6 is 23.2 Å². The van der Waals surface area contributed by atoms with E-state index in [2.05, 4.69) is 5.32 Å². The number of sulfonamides is 1. The fourth-order valence-electron chi connectivity index (χ4n) is 2.04. The van der Waals surface area contributed by atoms with Crippen molar-refractivity contribution in [3.63, 3.8) is 0 Å². The highest BCUT2D eigenvalue weighted by molar-refractivity contribution is 7.89. The number of ether oxygens (including phenoxy) is 1. The van der Waals surface area contributed by atoms with Gasteiger partial charge in [0, 0.05) is 26.3 Å². The van der Waals surface area contributed by atoms with Crippen molar-refractivity contribution in [3.8, 4) is 0 Å². The Morgan fingerprint density at radius 2 is 2.00 bits per heavy atom. The maximum Gasteiger partial charge on any atom is 0.243 e. The van der Waals surface area contributed by atoms with E-state index in [1.54, 1.807) is 0 Å². The molecule has 1 amide bonds. The van der Waals surface area contributed by atoms with Crippen molar-refractivity contribution in [1.82, 2.24) is 9.62 Å². The van der Waals surface area contributed by atoms with Gasteiger partial charge in [-0.05, 0) is 38.0 Å². The first kappa shape index (κ1) is 22.2. The number of nitrogens with one attached hydrogen (secondary N) is 1. The van der Waals surface area contributed by atoms with Gasteiger partial charge >= 0.3 is 0 Å². The number of hydrogen-bond acceptors (Lipinski definition) is 4. The van der Waals surface area contributed by atoms with Gasteiger partial charge in [-0.15, -0.1) is 0 Å². The zero-order chi connectivity index (χ0) is 19.0. The van der Waals surface area contributed by atoms with Gasteiger partial charge in [-0.3, -0.25) is 4.79 Å². The average Bonchev–Trinajstić information content (AvgIpc) is 2.56. The average molecular weight is 411 g/mol. The number of halogens is 2. The zero-order valence-electron chi connectivity index (χ0n) is 14.6. The molecular weight excluding hydrogens is 387 g/mol. The van der Waals surface area contributed by atoms with Gasteiger partial charge in [-0.1, -0.05) is 30.1 Å². The Labute approximate surface area is 159 Å². The Bertz CT molecular complexity index is 683. The van der Waals surface area contributed by atoms with E-state index in [1.165, 1.54) is 25.3 Å². The second-order valence-corrected chi connectivity index (χ2v) is 8.39. The third-order valence-corrected chi connectivity index (χ3v) is 6.20. The van der Waals surface area contributed by atoms with Crippen molar-refractivity contribution in [2.75, 3.05) is 26.8 Å². The van der Waals surface area contributed by atoms with Crippen LogP contribution in [0.1, 0.15) is 26.7 Å². The molecule has 1 unspecified atom stereocenters. The first-order chi connectivity index (χ1) is 11.7. The van der Waals surface area contributed by atoms with Crippen molar-refractivity contribution >= 4 is 39.1 Å². The molecule has 0 saturated carbocycles. The summed E-state index contributed by atoms with van der Waals surface area (Å²) in [5.41, 5.74) is 0. The van der Waals surface area contributed by atoms with Gasteiger partial charge < -0.3 is 10.1 Å². The highest BCUT2D eigenvalue weighted by Gasteiger charge is 2.27. The van der Waals surface area contributed by atoms with Crippen molar-refractivity contribution in [3.05, 3.63) is 28.2 Å². The molecule has 0 aromatic heterocycles. The van der Waals surface area contributed by atoms with Crippen LogP contribution in [0, 0.1) is 0 Å². The molecule has 0 spiro atoms. The minimum Gasteiger partial charge on any atom is -0.385 e. The lowest BCUT2D eigenvalue weighted by Gasteiger charge is -2.23. The molecule has 0 saturated heterocycles. The first-order valence-corrected chi connectivity index (χ1v) is 10.2. The summed E-state index contributed by atoms with van der Waals surface area (Å²) in [7, 11) is -2.35. The summed E-state index contributed by atoms with van der Waals surface area (Å²) in [6.45, 7) is 4.08. The summed E-state index contributed by atoms with van der Waals surface area (Å²) in [5, 5.41) is 3.18. The highest BCUT2D eigenvalue weighted by Crippen LogP contribution is 2.26. The van der Waals surface area contributed by atoms with E-state index in [9.17, 15) is 13.2 Å². The van der Waals surface area contributed by atoms with Crippen LogP contribution in [0.25, 0.3) is 0 Å². The van der Waals surface area contributed by atoms with Gasteiger partial charge in [0.1, 0.15) is 0 Å². The van der Waals surface area contributed by atoms with Crippen LogP contribution in [0.2, 0.25) is 10.0 Å². The predicted molar refractivity (Wildman–Crippen MR) is 99.6 cm³/mol. The van der Waals surface area contributed by atoms with Crippen molar-refractivity contribution in [1.29, 1.82) is 0 Å². The molecule has 0 radical (unpaired) electrons. The second kappa shape index (κ2) is 10.3. The van der Waals surface area contributed by atoms with Gasteiger partial charge in [0.05, 0.1) is 21.5 Å². The lowest BCUT2D eigenvalue weighted by Crippen LogP contribution is -2.43. The standard InChI is InChI=1S/C16H24Cl2N2O4S/c1-4-12(2)19-16(21)11-20(8-5-9-24-3)25(22,23)13-6-7-14(17)15(18)10-13/h6-7,10,12H,4-5,8-9,11H2,1-3H3,(H,19,21). The fourth-order valence-corrected chi connectivity index (χ4v) is 3.86. The zero-order valence-corrected chi connectivity index (χ0v) is 16.9. The fraction of sp³-hybridized carbons (Fsp3) is 0.562. The number of nitrogens with zero attached hydrogens (tertiary/aromatic N) is 1. The smallest absolute Gasteiger partial charge is 0.243 e. The quantitative estimate of drug-likeness (QED) is 0.601. The summed E-state index contributed by atoms with van der Waals surface area (Å²) in [5.74, 6) is -0.351. The Hall–Kier alpha value is -0.860. The second-order valence-electron chi connectivity index (χ2n) is 5.64. The highest BCUT2D eigenvalue weighted by atomic mass is 35.5. The first-order valence-electron chi connectivity index (χ1n) is 7.95. The summed E-state index contributed by atoms with van der Waals surface area (Å²) in [4.78, 5) is 12.2. The van der Waals surface area contributed by atoms with E-state index >= 15 is 0 Å². The Balaban J connectivity index is 3.03.